The monoisotopic (exact) mass is 233 g/mol. The van der Waals surface area contributed by atoms with Crippen molar-refractivity contribution in [3.63, 3.8) is 0 Å². The first-order valence-corrected chi connectivity index (χ1v) is 5.13. The molecule has 82 valence electrons. The van der Waals surface area contributed by atoms with E-state index in [9.17, 15) is 18.5 Å². The molecule has 0 bridgehead atoms. The summed E-state index contributed by atoms with van der Waals surface area (Å²) in [6, 6.07) is 2.15. The molecule has 15 heavy (non-hydrogen) atoms. The number of nitro benzene ring substituents is 1. The highest BCUT2D eigenvalue weighted by Crippen LogP contribution is 2.34. The van der Waals surface area contributed by atoms with Gasteiger partial charge in [-0.05, 0) is 18.6 Å². The molecule has 2 N–H and O–H groups in total. The minimum Gasteiger partial charge on any atom is -0.502 e. The van der Waals surface area contributed by atoms with Crippen molar-refractivity contribution in [1.82, 2.24) is 0 Å². The lowest BCUT2D eigenvalue weighted by molar-refractivity contribution is -0.389. The van der Waals surface area contributed by atoms with Gasteiger partial charge in [-0.1, -0.05) is 6.07 Å². The molecule has 0 heterocycles. The number of phenolic OH excluding ortho intramolecular Hbond substituents is 1. The van der Waals surface area contributed by atoms with Gasteiger partial charge in [-0.3, -0.25) is 14.7 Å². The molecule has 1 aromatic rings. The molecule has 0 aliphatic rings. The van der Waals surface area contributed by atoms with Gasteiger partial charge in [0.05, 0.1) is 4.92 Å². The van der Waals surface area contributed by atoms with Gasteiger partial charge in [0, 0.05) is 0 Å². The molecule has 8 heteroatoms. The Labute approximate surface area is 84.9 Å². The summed E-state index contributed by atoms with van der Waals surface area (Å²) in [5.41, 5.74) is -1.03. The third-order valence-electron chi connectivity index (χ3n) is 1.75. The lowest BCUT2D eigenvalue weighted by Gasteiger charge is -2.04. The van der Waals surface area contributed by atoms with Crippen molar-refractivity contribution >= 4 is 15.8 Å². The Morgan fingerprint density at radius 2 is 1.93 bits per heavy atom. The predicted molar refractivity (Wildman–Crippen MR) is 49.3 cm³/mol. The maximum Gasteiger partial charge on any atom is 0.331 e. The van der Waals surface area contributed by atoms with Crippen LogP contribution >= 0.6 is 0 Å². The number of nitrogens with zero attached hydrogens (tertiary/aromatic N) is 1. The van der Waals surface area contributed by atoms with Crippen LogP contribution in [0.15, 0.2) is 17.0 Å². The largest absolute Gasteiger partial charge is 0.502 e. The van der Waals surface area contributed by atoms with E-state index < -0.39 is 31.4 Å². The van der Waals surface area contributed by atoms with Crippen LogP contribution < -0.4 is 0 Å². The van der Waals surface area contributed by atoms with E-state index in [1.54, 1.807) is 0 Å². The van der Waals surface area contributed by atoms with Gasteiger partial charge in [-0.2, -0.15) is 8.42 Å². The summed E-state index contributed by atoms with van der Waals surface area (Å²) in [5.74, 6) is -0.807. The van der Waals surface area contributed by atoms with Gasteiger partial charge in [0.2, 0.25) is 0 Å². The first-order valence-electron chi connectivity index (χ1n) is 3.69. The standard InChI is InChI=1S/C7H7NO6S/c1-4-2-3-5(9)6(8(10)11)7(4)15(12,13)14/h2-3,9H,1H3,(H,12,13,14). The van der Waals surface area contributed by atoms with Crippen LogP contribution in [-0.4, -0.2) is 23.0 Å². The van der Waals surface area contributed by atoms with E-state index in [2.05, 4.69) is 0 Å². The van der Waals surface area contributed by atoms with Crippen LogP contribution in [-0.2, 0) is 10.1 Å². The van der Waals surface area contributed by atoms with Gasteiger partial charge in [0.25, 0.3) is 0 Å². The molecule has 0 aliphatic heterocycles. The normalized spacial score (nSPS) is 11.3. The summed E-state index contributed by atoms with van der Waals surface area (Å²) in [6.45, 7) is 1.27. The minimum absolute atomic E-state index is 0.0120. The summed E-state index contributed by atoms with van der Waals surface area (Å²) in [5, 5.41) is 19.6. The van der Waals surface area contributed by atoms with Crippen LogP contribution in [0.5, 0.6) is 5.75 Å². The molecule has 1 aromatic carbocycles. The summed E-state index contributed by atoms with van der Waals surface area (Å²) in [6.07, 6.45) is 0. The molecule has 7 nitrogen and oxygen atoms in total. The van der Waals surface area contributed by atoms with Crippen molar-refractivity contribution in [2.24, 2.45) is 0 Å². The summed E-state index contributed by atoms with van der Waals surface area (Å²) < 4.78 is 30.5. The Balaban J connectivity index is 3.76. The number of hydrogen-bond donors (Lipinski definition) is 2. The molecule has 0 radical (unpaired) electrons. The molecule has 0 atom stereocenters. The Kier molecular flexibility index (Phi) is 2.65. The molecule has 0 saturated heterocycles. The molecule has 0 fully saturated rings. The number of phenols is 1. The number of hydrogen-bond acceptors (Lipinski definition) is 5. The van der Waals surface area contributed by atoms with Crippen LogP contribution in [0.4, 0.5) is 5.69 Å². The Morgan fingerprint density at radius 3 is 2.27 bits per heavy atom. The highest BCUT2D eigenvalue weighted by Gasteiger charge is 2.29. The van der Waals surface area contributed by atoms with Crippen molar-refractivity contribution in [2.75, 3.05) is 0 Å². The quantitative estimate of drug-likeness (QED) is 0.444. The average molecular weight is 233 g/mol. The first-order chi connectivity index (χ1) is 6.75. The predicted octanol–water partition coefficient (Wildman–Crippen LogP) is 0.856. The van der Waals surface area contributed by atoms with Gasteiger partial charge in [0.15, 0.2) is 10.6 Å². The molecule has 0 saturated carbocycles. The fraction of sp³-hybridized carbons (Fsp3) is 0.143. The highest BCUT2D eigenvalue weighted by molar-refractivity contribution is 7.86. The lowest BCUT2D eigenvalue weighted by Crippen LogP contribution is -2.05. The summed E-state index contributed by atoms with van der Waals surface area (Å²) >= 11 is 0. The zero-order chi connectivity index (χ0) is 11.8. The van der Waals surface area contributed by atoms with E-state index >= 15 is 0 Å². The van der Waals surface area contributed by atoms with Crippen molar-refractivity contribution in [1.29, 1.82) is 0 Å². The van der Waals surface area contributed by atoms with Gasteiger partial charge < -0.3 is 5.11 Å². The van der Waals surface area contributed by atoms with E-state index in [0.29, 0.717) is 0 Å². The molecule has 0 spiro atoms. The maximum atomic E-state index is 10.9. The third kappa shape index (κ3) is 2.05. The van der Waals surface area contributed by atoms with Crippen LogP contribution in [0.25, 0.3) is 0 Å². The maximum absolute atomic E-state index is 10.9. The fourth-order valence-electron chi connectivity index (χ4n) is 1.16. The van der Waals surface area contributed by atoms with E-state index in [-0.39, 0.29) is 5.56 Å². The summed E-state index contributed by atoms with van der Waals surface area (Å²) in [7, 11) is -4.73. The molecular weight excluding hydrogens is 226 g/mol. The van der Waals surface area contributed by atoms with Crippen LogP contribution in [0, 0.1) is 17.0 Å². The van der Waals surface area contributed by atoms with E-state index in [1.165, 1.54) is 6.92 Å². The van der Waals surface area contributed by atoms with Gasteiger partial charge in [-0.25, -0.2) is 0 Å². The number of aromatic hydroxyl groups is 1. The second kappa shape index (κ2) is 3.48. The van der Waals surface area contributed by atoms with Gasteiger partial charge >= 0.3 is 15.8 Å². The fourth-order valence-corrected chi connectivity index (χ4v) is 2.06. The van der Waals surface area contributed by atoms with E-state index in [1.807, 2.05) is 0 Å². The Morgan fingerprint density at radius 1 is 1.40 bits per heavy atom. The van der Waals surface area contributed by atoms with Crippen molar-refractivity contribution in [3.05, 3.63) is 27.8 Å². The van der Waals surface area contributed by atoms with Crippen LogP contribution in [0.1, 0.15) is 5.56 Å². The van der Waals surface area contributed by atoms with E-state index in [0.717, 1.165) is 12.1 Å². The number of nitro groups is 1. The van der Waals surface area contributed by atoms with Crippen molar-refractivity contribution in [3.8, 4) is 5.75 Å². The van der Waals surface area contributed by atoms with Crippen LogP contribution in [0.3, 0.4) is 0 Å². The second-order valence-electron chi connectivity index (χ2n) is 2.81. The zero-order valence-electron chi connectivity index (χ0n) is 7.54. The van der Waals surface area contributed by atoms with Crippen molar-refractivity contribution < 1.29 is 23.0 Å². The Bertz CT molecular complexity index is 521. The number of benzene rings is 1. The van der Waals surface area contributed by atoms with E-state index in [4.69, 9.17) is 9.66 Å². The SMILES string of the molecule is Cc1ccc(O)c([N+](=O)[O-])c1S(=O)(=O)O. The second-order valence-corrected chi connectivity index (χ2v) is 4.17. The number of rotatable bonds is 2. The average Bonchev–Trinajstić information content (AvgIpc) is 2.05. The number of aryl methyl sites for hydroxylation is 1. The van der Waals surface area contributed by atoms with Crippen molar-refractivity contribution in [2.45, 2.75) is 11.8 Å². The highest BCUT2D eigenvalue weighted by atomic mass is 32.2. The minimum atomic E-state index is -4.73. The molecular formula is C7H7NO6S. The van der Waals surface area contributed by atoms with Crippen LogP contribution in [0.2, 0.25) is 0 Å². The molecule has 0 aliphatic carbocycles. The third-order valence-corrected chi connectivity index (χ3v) is 2.78. The topological polar surface area (TPSA) is 118 Å². The molecule has 0 unspecified atom stereocenters. The zero-order valence-corrected chi connectivity index (χ0v) is 8.35. The first kappa shape index (κ1) is 11.4. The lowest BCUT2D eigenvalue weighted by atomic mass is 10.2. The molecule has 0 aromatic heterocycles. The van der Waals surface area contributed by atoms with Gasteiger partial charge in [0.1, 0.15) is 0 Å². The summed E-state index contributed by atoms with van der Waals surface area (Å²) in [4.78, 5) is 8.57. The smallest absolute Gasteiger partial charge is 0.331 e. The van der Waals surface area contributed by atoms with Gasteiger partial charge in [-0.15, -0.1) is 0 Å². The molecule has 0 amide bonds. The Hall–Kier alpha value is -1.67. The molecule has 1 rings (SSSR count).